The Balaban J connectivity index is 2.21. The molecule has 0 unspecified atom stereocenters. The lowest BCUT2D eigenvalue weighted by molar-refractivity contribution is 0.277. The lowest BCUT2D eigenvalue weighted by Crippen LogP contribution is -2.22. The number of hydrogen-bond acceptors (Lipinski definition) is 5. The number of ether oxygens (including phenoxy) is 2. The van der Waals surface area contributed by atoms with Gasteiger partial charge in [-0.05, 0) is 6.07 Å². The minimum absolute atomic E-state index is 0.376. The van der Waals surface area contributed by atoms with E-state index in [4.69, 9.17) is 21.1 Å². The average Bonchev–Trinajstić information content (AvgIpc) is 2.96. The van der Waals surface area contributed by atoms with E-state index in [9.17, 15) is 0 Å². The highest BCUT2D eigenvalue weighted by molar-refractivity contribution is 7.07. The van der Waals surface area contributed by atoms with Crippen LogP contribution in [0.5, 0.6) is 11.5 Å². The molecule has 0 saturated heterocycles. The molecule has 0 aliphatic heterocycles. The number of aromatic nitrogens is 1. The first-order chi connectivity index (χ1) is 10.1. The fourth-order valence-electron chi connectivity index (χ4n) is 1.84. The van der Waals surface area contributed by atoms with Gasteiger partial charge in [-0.2, -0.15) is 0 Å². The number of thiazole rings is 1. The van der Waals surface area contributed by atoms with E-state index in [-0.39, 0.29) is 0 Å². The van der Waals surface area contributed by atoms with Crippen LogP contribution >= 0.6 is 22.9 Å². The summed E-state index contributed by atoms with van der Waals surface area (Å²) in [7, 11) is 1.61. The summed E-state index contributed by atoms with van der Waals surface area (Å²) in [5.41, 5.74) is 3.67. The molecule has 2 rings (SSSR count). The van der Waals surface area contributed by atoms with Gasteiger partial charge in [0, 0.05) is 34.6 Å². The normalized spacial score (nSPS) is 10.9. The highest BCUT2D eigenvalue weighted by Crippen LogP contribution is 2.35. The third-order valence-electron chi connectivity index (χ3n) is 2.87. The highest BCUT2D eigenvalue weighted by Gasteiger charge is 2.14. The van der Waals surface area contributed by atoms with Crippen LogP contribution in [-0.4, -0.2) is 18.1 Å². The molecule has 1 aromatic heterocycles. The summed E-state index contributed by atoms with van der Waals surface area (Å²) in [5.74, 6) is 1.35. The van der Waals surface area contributed by atoms with Crippen LogP contribution in [0, 0.1) is 0 Å². The van der Waals surface area contributed by atoms with E-state index in [0.29, 0.717) is 35.7 Å². The first-order valence-corrected chi connectivity index (χ1v) is 8.02. The second kappa shape index (κ2) is 7.64. The molecule has 0 fully saturated rings. The molecule has 1 aromatic carbocycles. The molecule has 0 radical (unpaired) electrons. The quantitative estimate of drug-likeness (QED) is 0.838. The van der Waals surface area contributed by atoms with Gasteiger partial charge in [0.15, 0.2) is 11.5 Å². The van der Waals surface area contributed by atoms with Crippen molar-refractivity contribution in [3.8, 4) is 11.5 Å². The Hall–Kier alpha value is -1.30. The van der Waals surface area contributed by atoms with Crippen LogP contribution in [0.25, 0.3) is 0 Å². The zero-order valence-electron chi connectivity index (χ0n) is 12.4. The molecule has 0 aliphatic carbocycles. The Morgan fingerprint density at radius 2 is 2.19 bits per heavy atom. The maximum Gasteiger partial charge on any atom is 0.166 e. The third-order valence-corrected chi connectivity index (χ3v) is 3.72. The summed E-state index contributed by atoms with van der Waals surface area (Å²) in [4.78, 5) is 4.22. The van der Waals surface area contributed by atoms with Crippen molar-refractivity contribution in [3.05, 3.63) is 39.3 Å². The fourth-order valence-corrected chi connectivity index (χ4v) is 2.61. The van der Waals surface area contributed by atoms with E-state index in [1.54, 1.807) is 30.0 Å². The minimum atomic E-state index is 0.376. The van der Waals surface area contributed by atoms with Gasteiger partial charge in [0.1, 0.15) is 6.61 Å². The SMILES string of the molecule is COc1cc(Cl)cc(CNC(C)C)c1OCc1cscn1. The summed E-state index contributed by atoms with van der Waals surface area (Å²) in [6.45, 7) is 5.27. The molecule has 114 valence electrons. The summed E-state index contributed by atoms with van der Waals surface area (Å²) in [5, 5.41) is 5.97. The van der Waals surface area contributed by atoms with E-state index < -0.39 is 0 Å². The van der Waals surface area contributed by atoms with Crippen molar-refractivity contribution in [2.75, 3.05) is 7.11 Å². The van der Waals surface area contributed by atoms with Gasteiger partial charge in [0.05, 0.1) is 18.3 Å². The molecule has 2 aromatic rings. The van der Waals surface area contributed by atoms with Crippen molar-refractivity contribution in [3.63, 3.8) is 0 Å². The Labute approximate surface area is 134 Å². The zero-order valence-corrected chi connectivity index (χ0v) is 13.9. The Bertz CT molecular complexity index is 573. The Morgan fingerprint density at radius 3 is 2.81 bits per heavy atom. The Morgan fingerprint density at radius 1 is 1.38 bits per heavy atom. The van der Waals surface area contributed by atoms with Crippen molar-refractivity contribution < 1.29 is 9.47 Å². The lowest BCUT2D eigenvalue weighted by atomic mass is 10.1. The monoisotopic (exact) mass is 326 g/mol. The van der Waals surface area contributed by atoms with Gasteiger partial charge >= 0.3 is 0 Å². The van der Waals surface area contributed by atoms with E-state index >= 15 is 0 Å². The molecule has 0 saturated carbocycles. The van der Waals surface area contributed by atoms with Crippen LogP contribution < -0.4 is 14.8 Å². The maximum absolute atomic E-state index is 6.14. The van der Waals surface area contributed by atoms with E-state index in [1.165, 1.54) is 0 Å². The van der Waals surface area contributed by atoms with Crippen molar-refractivity contribution in [1.29, 1.82) is 0 Å². The number of hydrogen-bond donors (Lipinski definition) is 1. The molecule has 4 nitrogen and oxygen atoms in total. The summed E-state index contributed by atoms with van der Waals surface area (Å²) >= 11 is 7.69. The topological polar surface area (TPSA) is 43.4 Å². The average molecular weight is 327 g/mol. The molecule has 0 aliphatic rings. The molecule has 0 bridgehead atoms. The first-order valence-electron chi connectivity index (χ1n) is 6.69. The van der Waals surface area contributed by atoms with Gasteiger partial charge < -0.3 is 14.8 Å². The molecule has 1 N–H and O–H groups in total. The fraction of sp³-hybridized carbons (Fsp3) is 0.400. The van der Waals surface area contributed by atoms with Crippen LogP contribution in [-0.2, 0) is 13.2 Å². The number of rotatable bonds is 7. The lowest BCUT2D eigenvalue weighted by Gasteiger charge is -2.17. The predicted molar refractivity (Wildman–Crippen MR) is 86.4 cm³/mol. The van der Waals surface area contributed by atoms with Crippen LogP contribution in [0.2, 0.25) is 5.02 Å². The van der Waals surface area contributed by atoms with E-state index in [2.05, 4.69) is 24.1 Å². The number of nitrogens with one attached hydrogen (secondary N) is 1. The van der Waals surface area contributed by atoms with E-state index in [1.807, 2.05) is 11.4 Å². The van der Waals surface area contributed by atoms with Crippen LogP contribution in [0.4, 0.5) is 0 Å². The molecule has 0 atom stereocenters. The molecule has 6 heteroatoms. The second-order valence-electron chi connectivity index (χ2n) is 4.90. The standard InChI is InChI=1S/C15H19ClN2O2S/c1-10(2)17-6-11-4-12(16)5-14(19-3)15(11)20-7-13-8-21-9-18-13/h4-5,8-10,17H,6-7H2,1-3H3. The third kappa shape index (κ3) is 4.59. The zero-order chi connectivity index (χ0) is 15.2. The molecule has 0 spiro atoms. The highest BCUT2D eigenvalue weighted by atomic mass is 35.5. The first kappa shape index (κ1) is 16.1. The van der Waals surface area contributed by atoms with Crippen LogP contribution in [0.3, 0.4) is 0 Å². The predicted octanol–water partition coefficient (Wildman–Crippen LogP) is 3.88. The maximum atomic E-state index is 6.14. The van der Waals surface area contributed by atoms with Crippen molar-refractivity contribution >= 4 is 22.9 Å². The number of benzene rings is 1. The van der Waals surface area contributed by atoms with Crippen LogP contribution in [0.1, 0.15) is 25.1 Å². The molecule has 0 amide bonds. The molecular formula is C15H19ClN2O2S. The minimum Gasteiger partial charge on any atom is -0.493 e. The van der Waals surface area contributed by atoms with E-state index in [0.717, 1.165) is 11.3 Å². The van der Waals surface area contributed by atoms with Gasteiger partial charge in [0.2, 0.25) is 0 Å². The summed E-state index contributed by atoms with van der Waals surface area (Å²) in [6.07, 6.45) is 0. The van der Waals surface area contributed by atoms with Crippen LogP contribution in [0.15, 0.2) is 23.0 Å². The van der Waals surface area contributed by atoms with Crippen molar-refractivity contribution in [2.24, 2.45) is 0 Å². The summed E-state index contributed by atoms with van der Waals surface area (Å²) in [6, 6.07) is 4.04. The van der Waals surface area contributed by atoms with Gasteiger partial charge in [-0.15, -0.1) is 11.3 Å². The smallest absolute Gasteiger partial charge is 0.166 e. The molecule has 1 heterocycles. The van der Waals surface area contributed by atoms with Gasteiger partial charge in [-0.3, -0.25) is 0 Å². The van der Waals surface area contributed by atoms with Crippen molar-refractivity contribution in [1.82, 2.24) is 10.3 Å². The molecule has 21 heavy (non-hydrogen) atoms. The second-order valence-corrected chi connectivity index (χ2v) is 6.06. The summed E-state index contributed by atoms with van der Waals surface area (Å²) < 4.78 is 11.3. The number of nitrogens with zero attached hydrogens (tertiary/aromatic N) is 1. The Kier molecular flexibility index (Phi) is 5.85. The van der Waals surface area contributed by atoms with Crippen molar-refractivity contribution in [2.45, 2.75) is 33.0 Å². The largest absolute Gasteiger partial charge is 0.493 e. The number of halogens is 1. The molecular weight excluding hydrogens is 308 g/mol. The van der Waals surface area contributed by atoms with Gasteiger partial charge in [-0.25, -0.2) is 4.98 Å². The van der Waals surface area contributed by atoms with Gasteiger partial charge in [0.25, 0.3) is 0 Å². The van der Waals surface area contributed by atoms with Gasteiger partial charge in [-0.1, -0.05) is 25.4 Å². The number of methoxy groups -OCH3 is 1.